The van der Waals surface area contributed by atoms with Crippen molar-refractivity contribution >= 4 is 40.3 Å². The van der Waals surface area contributed by atoms with E-state index in [-0.39, 0.29) is 17.2 Å². The minimum atomic E-state index is -0.215. The number of aromatic nitrogens is 2. The second kappa shape index (κ2) is 10.9. The van der Waals surface area contributed by atoms with Gasteiger partial charge < -0.3 is 5.32 Å². The molecule has 0 atom stereocenters. The zero-order valence-electron chi connectivity index (χ0n) is 17.6. The van der Waals surface area contributed by atoms with Gasteiger partial charge in [0.1, 0.15) is 0 Å². The standard InChI is InChI=1S/C25H20N4O2S2/c26-16-18-10-12-19(13-11-18)29-24(31)21-8-4-5-9-22(21)28-25(29)33-17-23(30)27-14-15-32-20-6-2-1-3-7-20/h1-13H,14-15,17H2,(H,27,30). The van der Waals surface area contributed by atoms with E-state index >= 15 is 0 Å². The van der Waals surface area contributed by atoms with Crippen molar-refractivity contribution in [3.05, 3.63) is 94.8 Å². The first kappa shape index (κ1) is 22.6. The second-order valence-electron chi connectivity index (χ2n) is 7.01. The van der Waals surface area contributed by atoms with Crippen molar-refractivity contribution in [3.63, 3.8) is 0 Å². The molecule has 0 aliphatic heterocycles. The summed E-state index contributed by atoms with van der Waals surface area (Å²) in [4.78, 5) is 31.5. The van der Waals surface area contributed by atoms with Gasteiger partial charge in [-0.25, -0.2) is 4.98 Å². The van der Waals surface area contributed by atoms with Gasteiger partial charge in [0.2, 0.25) is 5.91 Å². The number of carbonyl (C=O) groups is 1. The number of hydrogen-bond acceptors (Lipinski definition) is 6. The van der Waals surface area contributed by atoms with Gasteiger partial charge in [-0.3, -0.25) is 14.2 Å². The molecule has 0 aliphatic rings. The van der Waals surface area contributed by atoms with Crippen LogP contribution in [0.25, 0.3) is 16.6 Å². The summed E-state index contributed by atoms with van der Waals surface area (Å²) in [5.74, 6) is 0.782. The summed E-state index contributed by atoms with van der Waals surface area (Å²) in [6.07, 6.45) is 0. The van der Waals surface area contributed by atoms with Crippen LogP contribution in [0.2, 0.25) is 0 Å². The SMILES string of the molecule is N#Cc1ccc(-n2c(SCC(=O)NCCSc3ccccc3)nc3ccccc3c2=O)cc1. The fourth-order valence-corrected chi connectivity index (χ4v) is 4.81. The molecule has 1 amide bonds. The maximum absolute atomic E-state index is 13.2. The molecule has 0 fully saturated rings. The van der Waals surface area contributed by atoms with E-state index in [9.17, 15) is 9.59 Å². The number of para-hydroxylation sites is 1. The number of thioether (sulfide) groups is 2. The lowest BCUT2D eigenvalue weighted by Crippen LogP contribution is -2.28. The first-order chi connectivity index (χ1) is 16.2. The van der Waals surface area contributed by atoms with Crippen LogP contribution >= 0.6 is 23.5 Å². The van der Waals surface area contributed by atoms with Gasteiger partial charge >= 0.3 is 0 Å². The maximum atomic E-state index is 13.2. The van der Waals surface area contributed by atoms with Gasteiger partial charge in [0.05, 0.1) is 34.0 Å². The molecule has 8 heteroatoms. The molecule has 0 saturated heterocycles. The molecule has 0 saturated carbocycles. The number of carbonyl (C=O) groups excluding carboxylic acids is 1. The van der Waals surface area contributed by atoms with Gasteiger partial charge in [-0.05, 0) is 48.5 Å². The number of hydrogen-bond donors (Lipinski definition) is 1. The number of fused-ring (bicyclic) bond motifs is 1. The molecule has 0 bridgehead atoms. The molecule has 0 spiro atoms. The predicted octanol–water partition coefficient (Wildman–Crippen LogP) is 4.26. The Kier molecular flexibility index (Phi) is 7.45. The van der Waals surface area contributed by atoms with E-state index in [1.54, 1.807) is 54.2 Å². The van der Waals surface area contributed by atoms with E-state index in [4.69, 9.17) is 5.26 Å². The fourth-order valence-electron chi connectivity index (χ4n) is 3.18. The van der Waals surface area contributed by atoms with E-state index in [1.807, 2.05) is 36.4 Å². The van der Waals surface area contributed by atoms with Crippen LogP contribution in [0.5, 0.6) is 0 Å². The minimum Gasteiger partial charge on any atom is -0.355 e. The van der Waals surface area contributed by atoms with Gasteiger partial charge in [0, 0.05) is 17.2 Å². The van der Waals surface area contributed by atoms with E-state index in [1.165, 1.54) is 16.3 Å². The van der Waals surface area contributed by atoms with Gasteiger partial charge in [0.25, 0.3) is 5.56 Å². The van der Waals surface area contributed by atoms with Crippen molar-refractivity contribution in [1.82, 2.24) is 14.9 Å². The van der Waals surface area contributed by atoms with Crippen LogP contribution in [-0.4, -0.2) is 33.5 Å². The third-order valence-corrected chi connectivity index (χ3v) is 6.72. The minimum absolute atomic E-state index is 0.123. The van der Waals surface area contributed by atoms with Gasteiger partial charge in [0.15, 0.2) is 5.16 Å². The Morgan fingerprint density at radius 3 is 2.45 bits per heavy atom. The molecule has 164 valence electrons. The van der Waals surface area contributed by atoms with E-state index in [2.05, 4.69) is 16.4 Å². The van der Waals surface area contributed by atoms with Crippen molar-refractivity contribution in [2.45, 2.75) is 10.1 Å². The molecule has 1 aromatic heterocycles. The number of benzene rings is 3. The molecular weight excluding hydrogens is 452 g/mol. The summed E-state index contributed by atoms with van der Waals surface area (Å²) < 4.78 is 1.49. The Labute approximate surface area is 199 Å². The lowest BCUT2D eigenvalue weighted by Gasteiger charge is -2.13. The summed E-state index contributed by atoms with van der Waals surface area (Å²) in [6, 6.07) is 26.0. The fraction of sp³-hybridized carbons (Fsp3) is 0.120. The van der Waals surface area contributed by atoms with E-state index in [0.717, 1.165) is 10.6 Å². The Morgan fingerprint density at radius 1 is 0.970 bits per heavy atom. The van der Waals surface area contributed by atoms with Crippen molar-refractivity contribution < 1.29 is 4.79 Å². The molecule has 6 nitrogen and oxygen atoms in total. The van der Waals surface area contributed by atoms with Crippen LogP contribution in [0.4, 0.5) is 0 Å². The summed E-state index contributed by atoms with van der Waals surface area (Å²) in [5.41, 5.74) is 1.46. The topological polar surface area (TPSA) is 87.8 Å². The highest BCUT2D eigenvalue weighted by Crippen LogP contribution is 2.22. The molecule has 4 aromatic rings. The molecule has 3 aromatic carbocycles. The van der Waals surface area contributed by atoms with Crippen LogP contribution < -0.4 is 10.9 Å². The van der Waals surface area contributed by atoms with E-state index in [0.29, 0.717) is 33.9 Å². The summed E-state index contributed by atoms with van der Waals surface area (Å²) in [5, 5.41) is 12.9. The van der Waals surface area contributed by atoms with E-state index < -0.39 is 0 Å². The number of nitrogens with one attached hydrogen (secondary N) is 1. The molecule has 4 rings (SSSR count). The van der Waals surface area contributed by atoms with Crippen molar-refractivity contribution in [2.24, 2.45) is 0 Å². The lowest BCUT2D eigenvalue weighted by atomic mass is 10.2. The maximum Gasteiger partial charge on any atom is 0.266 e. The van der Waals surface area contributed by atoms with Gasteiger partial charge in [-0.15, -0.1) is 11.8 Å². The second-order valence-corrected chi connectivity index (χ2v) is 9.12. The first-order valence-corrected chi connectivity index (χ1v) is 12.2. The largest absolute Gasteiger partial charge is 0.355 e. The third kappa shape index (κ3) is 5.64. The summed E-state index contributed by atoms with van der Waals surface area (Å²) in [6.45, 7) is 0.548. The van der Waals surface area contributed by atoms with Crippen LogP contribution in [0.1, 0.15) is 5.56 Å². The predicted molar refractivity (Wildman–Crippen MR) is 133 cm³/mol. The molecule has 0 aliphatic carbocycles. The monoisotopic (exact) mass is 472 g/mol. The molecular formula is C25H20N4O2S2. The summed E-state index contributed by atoms with van der Waals surface area (Å²) in [7, 11) is 0. The van der Waals surface area contributed by atoms with Crippen LogP contribution in [0.3, 0.4) is 0 Å². The highest BCUT2D eigenvalue weighted by molar-refractivity contribution is 7.99. The van der Waals surface area contributed by atoms with Crippen molar-refractivity contribution in [1.29, 1.82) is 5.26 Å². The van der Waals surface area contributed by atoms with Crippen LogP contribution in [-0.2, 0) is 4.79 Å². The van der Waals surface area contributed by atoms with Crippen LogP contribution in [0.15, 0.2) is 93.7 Å². The smallest absolute Gasteiger partial charge is 0.266 e. The number of amides is 1. The first-order valence-electron chi connectivity index (χ1n) is 10.3. The molecule has 33 heavy (non-hydrogen) atoms. The van der Waals surface area contributed by atoms with Crippen molar-refractivity contribution in [3.8, 4) is 11.8 Å². The highest BCUT2D eigenvalue weighted by Gasteiger charge is 2.15. The lowest BCUT2D eigenvalue weighted by molar-refractivity contribution is -0.118. The molecule has 1 heterocycles. The zero-order valence-corrected chi connectivity index (χ0v) is 19.2. The quantitative estimate of drug-likeness (QED) is 0.234. The van der Waals surface area contributed by atoms with Crippen molar-refractivity contribution in [2.75, 3.05) is 18.1 Å². The number of nitriles is 1. The average Bonchev–Trinajstić information content (AvgIpc) is 2.86. The normalized spacial score (nSPS) is 10.6. The zero-order chi connectivity index (χ0) is 23.0. The summed E-state index contributed by atoms with van der Waals surface area (Å²) >= 11 is 2.89. The molecule has 1 N–H and O–H groups in total. The van der Waals surface area contributed by atoms with Gasteiger partial charge in [-0.2, -0.15) is 5.26 Å². The highest BCUT2D eigenvalue weighted by atomic mass is 32.2. The molecule has 0 radical (unpaired) electrons. The third-order valence-electron chi connectivity index (χ3n) is 4.77. The van der Waals surface area contributed by atoms with Crippen LogP contribution in [0, 0.1) is 11.3 Å². The number of nitrogens with zero attached hydrogens (tertiary/aromatic N) is 3. The molecule has 0 unspecified atom stereocenters. The van der Waals surface area contributed by atoms with Gasteiger partial charge in [-0.1, -0.05) is 42.1 Å². The Hall–Kier alpha value is -3.54. The number of rotatable bonds is 8. The Morgan fingerprint density at radius 2 is 1.70 bits per heavy atom. The Bertz CT molecular complexity index is 1360. The Balaban J connectivity index is 1.48. The average molecular weight is 473 g/mol.